The van der Waals surface area contributed by atoms with Crippen LogP contribution in [0.1, 0.15) is 23.2 Å². The molecule has 110 valence electrons. The smallest absolute Gasteiger partial charge is 0.257 e. The first-order valence-electron chi connectivity index (χ1n) is 7.00. The van der Waals surface area contributed by atoms with Crippen LogP contribution in [0.5, 0.6) is 0 Å². The van der Waals surface area contributed by atoms with Gasteiger partial charge in [0.1, 0.15) is 5.82 Å². The van der Waals surface area contributed by atoms with Crippen molar-refractivity contribution in [1.29, 1.82) is 0 Å². The van der Waals surface area contributed by atoms with Gasteiger partial charge in [0.15, 0.2) is 0 Å². The molecule has 1 aromatic heterocycles. The van der Waals surface area contributed by atoms with Crippen LogP contribution in [-0.4, -0.2) is 40.1 Å². The third kappa shape index (κ3) is 2.67. The molecule has 0 atom stereocenters. The molecular formula is C15H17FN4O. The molecule has 1 amide bonds. The van der Waals surface area contributed by atoms with Gasteiger partial charge in [-0.1, -0.05) is 12.1 Å². The summed E-state index contributed by atoms with van der Waals surface area (Å²) in [6, 6.07) is 6.50. The Hall–Kier alpha value is -2.21. The molecule has 1 aliphatic rings. The van der Waals surface area contributed by atoms with Crippen LogP contribution in [0.3, 0.4) is 0 Å². The quantitative estimate of drug-likeness (QED) is 0.884. The number of amides is 1. The summed E-state index contributed by atoms with van der Waals surface area (Å²) in [6.07, 6.45) is 3.04. The Kier molecular flexibility index (Phi) is 3.70. The molecule has 0 spiro atoms. The topological polar surface area (TPSA) is 75.0 Å². The maximum absolute atomic E-state index is 13.9. The molecule has 3 N–H and O–H groups in total. The predicted molar refractivity (Wildman–Crippen MR) is 77.1 cm³/mol. The van der Waals surface area contributed by atoms with Crippen molar-refractivity contribution in [3.8, 4) is 11.3 Å². The molecule has 0 unspecified atom stereocenters. The van der Waals surface area contributed by atoms with E-state index in [2.05, 4.69) is 10.2 Å². The molecular weight excluding hydrogens is 271 g/mol. The molecule has 2 aromatic rings. The molecule has 5 nitrogen and oxygen atoms in total. The first-order chi connectivity index (χ1) is 10.2. The van der Waals surface area contributed by atoms with E-state index in [4.69, 9.17) is 5.73 Å². The van der Waals surface area contributed by atoms with Crippen molar-refractivity contribution in [3.63, 3.8) is 0 Å². The number of H-pyrrole nitrogens is 1. The van der Waals surface area contributed by atoms with Crippen molar-refractivity contribution in [2.24, 2.45) is 5.73 Å². The maximum atomic E-state index is 13.9. The average molecular weight is 288 g/mol. The Morgan fingerprint density at radius 2 is 2.05 bits per heavy atom. The molecule has 0 aliphatic carbocycles. The number of piperidine rings is 1. The molecule has 1 aliphatic heterocycles. The highest BCUT2D eigenvalue weighted by molar-refractivity contribution is 5.99. The lowest BCUT2D eigenvalue weighted by molar-refractivity contribution is 0.0715. The number of benzene rings is 1. The third-order valence-corrected chi connectivity index (χ3v) is 3.84. The minimum Gasteiger partial charge on any atom is -0.338 e. The number of hydrogen-bond acceptors (Lipinski definition) is 3. The minimum atomic E-state index is -0.378. The van der Waals surface area contributed by atoms with Gasteiger partial charge in [-0.15, -0.1) is 0 Å². The monoisotopic (exact) mass is 288 g/mol. The normalized spacial score (nSPS) is 16.2. The molecule has 21 heavy (non-hydrogen) atoms. The van der Waals surface area contributed by atoms with Crippen LogP contribution < -0.4 is 5.73 Å². The number of carbonyl (C=O) groups is 1. The minimum absolute atomic E-state index is 0.131. The van der Waals surface area contributed by atoms with E-state index in [9.17, 15) is 9.18 Å². The molecule has 0 bridgehead atoms. The van der Waals surface area contributed by atoms with Gasteiger partial charge in [-0.05, 0) is 25.0 Å². The number of carbonyl (C=O) groups excluding carboxylic acids is 1. The van der Waals surface area contributed by atoms with Gasteiger partial charge in [0, 0.05) is 24.7 Å². The van der Waals surface area contributed by atoms with E-state index in [-0.39, 0.29) is 17.8 Å². The summed E-state index contributed by atoms with van der Waals surface area (Å²) < 4.78 is 13.9. The number of nitrogens with two attached hydrogens (primary N) is 1. The number of halogens is 1. The van der Waals surface area contributed by atoms with Gasteiger partial charge in [-0.3, -0.25) is 9.89 Å². The van der Waals surface area contributed by atoms with Gasteiger partial charge in [0.2, 0.25) is 0 Å². The lowest BCUT2D eigenvalue weighted by Crippen LogP contribution is -2.42. The van der Waals surface area contributed by atoms with Crippen molar-refractivity contribution in [2.45, 2.75) is 18.9 Å². The molecule has 1 saturated heterocycles. The SMILES string of the molecule is NC1CCN(C(=O)c2cn[nH]c2-c2ccccc2F)CC1. The summed E-state index contributed by atoms with van der Waals surface area (Å²) in [6.45, 7) is 1.25. The van der Waals surface area contributed by atoms with Crippen LogP contribution in [0.15, 0.2) is 30.5 Å². The molecule has 2 heterocycles. The van der Waals surface area contributed by atoms with Crippen LogP contribution in [0, 0.1) is 5.82 Å². The van der Waals surface area contributed by atoms with E-state index in [0.717, 1.165) is 12.8 Å². The van der Waals surface area contributed by atoms with Crippen molar-refractivity contribution < 1.29 is 9.18 Å². The summed E-state index contributed by atoms with van der Waals surface area (Å²) >= 11 is 0. The summed E-state index contributed by atoms with van der Waals surface area (Å²) in [7, 11) is 0. The number of aromatic nitrogens is 2. The molecule has 0 saturated carbocycles. The van der Waals surface area contributed by atoms with Crippen LogP contribution in [-0.2, 0) is 0 Å². The highest BCUT2D eigenvalue weighted by atomic mass is 19.1. The number of rotatable bonds is 2. The van der Waals surface area contributed by atoms with Crippen LogP contribution in [0.4, 0.5) is 4.39 Å². The zero-order chi connectivity index (χ0) is 14.8. The van der Waals surface area contributed by atoms with E-state index in [0.29, 0.717) is 29.9 Å². The summed E-state index contributed by atoms with van der Waals surface area (Å²) in [5, 5.41) is 6.64. The molecule has 3 rings (SSSR count). The highest BCUT2D eigenvalue weighted by Gasteiger charge is 2.25. The Labute approximate surface area is 121 Å². The van der Waals surface area contributed by atoms with Crippen LogP contribution in [0.2, 0.25) is 0 Å². The lowest BCUT2D eigenvalue weighted by Gasteiger charge is -2.30. The Morgan fingerprint density at radius 3 is 2.76 bits per heavy atom. The largest absolute Gasteiger partial charge is 0.338 e. The second kappa shape index (κ2) is 5.65. The molecule has 1 fully saturated rings. The first kappa shape index (κ1) is 13.8. The lowest BCUT2D eigenvalue weighted by atomic mass is 10.0. The fourth-order valence-electron chi connectivity index (χ4n) is 2.59. The van der Waals surface area contributed by atoms with E-state index in [1.165, 1.54) is 12.3 Å². The first-order valence-corrected chi connectivity index (χ1v) is 7.00. The van der Waals surface area contributed by atoms with Crippen molar-refractivity contribution >= 4 is 5.91 Å². The standard InChI is InChI=1S/C15H17FN4O/c16-13-4-2-1-3-11(13)14-12(9-18-19-14)15(21)20-7-5-10(17)6-8-20/h1-4,9-10H,5-8,17H2,(H,18,19). The van der Waals surface area contributed by atoms with Crippen LogP contribution >= 0.6 is 0 Å². The predicted octanol–water partition coefficient (Wildman–Crippen LogP) is 1.78. The molecule has 0 radical (unpaired) electrons. The fourth-order valence-corrected chi connectivity index (χ4v) is 2.59. The zero-order valence-electron chi connectivity index (χ0n) is 11.6. The second-order valence-electron chi connectivity index (χ2n) is 5.27. The Balaban J connectivity index is 1.89. The Morgan fingerprint density at radius 1 is 1.33 bits per heavy atom. The van der Waals surface area contributed by atoms with Crippen molar-refractivity contribution in [2.75, 3.05) is 13.1 Å². The number of likely N-dealkylation sites (tertiary alicyclic amines) is 1. The Bertz CT molecular complexity index is 647. The van der Waals surface area contributed by atoms with Gasteiger partial charge < -0.3 is 10.6 Å². The van der Waals surface area contributed by atoms with Crippen molar-refractivity contribution in [3.05, 3.63) is 41.8 Å². The van der Waals surface area contributed by atoms with E-state index in [1.807, 2.05) is 0 Å². The number of nitrogens with one attached hydrogen (secondary N) is 1. The van der Waals surface area contributed by atoms with Gasteiger partial charge in [-0.25, -0.2) is 4.39 Å². The van der Waals surface area contributed by atoms with Gasteiger partial charge >= 0.3 is 0 Å². The second-order valence-corrected chi connectivity index (χ2v) is 5.27. The van der Waals surface area contributed by atoms with E-state index in [1.54, 1.807) is 23.1 Å². The summed E-state index contributed by atoms with van der Waals surface area (Å²) in [5.41, 5.74) is 7.03. The van der Waals surface area contributed by atoms with Gasteiger partial charge in [0.05, 0.1) is 17.5 Å². The summed E-state index contributed by atoms with van der Waals surface area (Å²) in [4.78, 5) is 14.3. The number of hydrogen-bond donors (Lipinski definition) is 2. The third-order valence-electron chi connectivity index (χ3n) is 3.84. The average Bonchev–Trinajstić information content (AvgIpc) is 2.97. The summed E-state index contributed by atoms with van der Waals surface area (Å²) in [5.74, 6) is -0.509. The van der Waals surface area contributed by atoms with Gasteiger partial charge in [0.25, 0.3) is 5.91 Å². The number of aromatic amines is 1. The van der Waals surface area contributed by atoms with Gasteiger partial charge in [-0.2, -0.15) is 5.10 Å². The highest BCUT2D eigenvalue weighted by Crippen LogP contribution is 2.25. The zero-order valence-corrected chi connectivity index (χ0v) is 11.6. The fraction of sp³-hybridized carbons (Fsp3) is 0.333. The van der Waals surface area contributed by atoms with E-state index >= 15 is 0 Å². The maximum Gasteiger partial charge on any atom is 0.257 e. The molecule has 1 aromatic carbocycles. The number of nitrogens with zero attached hydrogens (tertiary/aromatic N) is 2. The van der Waals surface area contributed by atoms with E-state index < -0.39 is 0 Å². The molecule has 6 heteroatoms. The van der Waals surface area contributed by atoms with Crippen LogP contribution in [0.25, 0.3) is 11.3 Å². The van der Waals surface area contributed by atoms with Crippen molar-refractivity contribution in [1.82, 2.24) is 15.1 Å².